The van der Waals surface area contributed by atoms with Crippen LogP contribution in [-0.4, -0.2) is 15.6 Å². The van der Waals surface area contributed by atoms with E-state index in [0.717, 1.165) is 73.0 Å². The van der Waals surface area contributed by atoms with Crippen LogP contribution in [0.2, 0.25) is 0 Å². The summed E-state index contributed by atoms with van der Waals surface area (Å²) in [6.07, 6.45) is 1.88. The Bertz CT molecular complexity index is 3700. The Hall–Kier alpha value is -6.78. The van der Waals surface area contributed by atoms with E-state index >= 15 is 8.78 Å². The zero-order valence-electron chi connectivity index (χ0n) is 44.7. The van der Waals surface area contributed by atoms with Gasteiger partial charge in [0.15, 0.2) is 0 Å². The third-order valence-electron chi connectivity index (χ3n) is 14.1. The van der Waals surface area contributed by atoms with Crippen molar-refractivity contribution in [3.8, 4) is 39.6 Å². The van der Waals surface area contributed by atoms with E-state index in [1.165, 1.54) is 28.8 Å². The minimum atomic E-state index is -0.644. The van der Waals surface area contributed by atoms with Crippen molar-refractivity contribution in [2.45, 2.75) is 118 Å². The number of pyridine rings is 1. The minimum Gasteiger partial charge on any atom is -0.509 e. The van der Waals surface area contributed by atoms with E-state index < -0.39 is 11.6 Å². The molecule has 8 heteroatoms. The first-order valence-electron chi connectivity index (χ1n) is 25.5. The molecule has 0 unspecified atom stereocenters. The number of benzene rings is 7. The van der Waals surface area contributed by atoms with Gasteiger partial charge in [0.1, 0.15) is 23.1 Å². The second-order valence-electron chi connectivity index (χ2n) is 23.3. The van der Waals surface area contributed by atoms with Crippen molar-refractivity contribution in [1.29, 1.82) is 0 Å². The van der Waals surface area contributed by atoms with Crippen molar-refractivity contribution in [3.05, 3.63) is 191 Å². The van der Waals surface area contributed by atoms with Gasteiger partial charge in [-0.05, 0) is 114 Å². The van der Waals surface area contributed by atoms with Crippen LogP contribution in [0.5, 0.6) is 11.5 Å². The number of ether oxygens (including phenoxy) is 1. The van der Waals surface area contributed by atoms with Gasteiger partial charge >= 0.3 is 27.1 Å². The number of para-hydroxylation sites is 3. The van der Waals surface area contributed by atoms with Gasteiger partial charge < -0.3 is 9.30 Å². The van der Waals surface area contributed by atoms with Crippen LogP contribution in [0, 0.1) is 23.8 Å². The van der Waals surface area contributed by atoms with Crippen LogP contribution in [0.1, 0.15) is 130 Å². The van der Waals surface area contributed by atoms with Gasteiger partial charge in [-0.2, -0.15) is 6.07 Å². The van der Waals surface area contributed by atoms with Crippen molar-refractivity contribution in [3.63, 3.8) is 0 Å². The predicted molar refractivity (Wildman–Crippen MR) is 299 cm³/mol. The third kappa shape index (κ3) is 9.97. The first-order valence-corrected chi connectivity index (χ1v) is 25.5. The van der Waals surface area contributed by atoms with E-state index in [1.54, 1.807) is 0 Å². The number of rotatable bonds is 9. The van der Waals surface area contributed by atoms with Gasteiger partial charge in [0.05, 0.1) is 11.1 Å². The minimum absolute atomic E-state index is 0. The molecule has 1 aliphatic heterocycles. The fourth-order valence-electron chi connectivity index (χ4n) is 9.80. The van der Waals surface area contributed by atoms with E-state index in [0.29, 0.717) is 28.3 Å². The van der Waals surface area contributed by atoms with E-state index in [4.69, 9.17) is 9.72 Å². The first-order chi connectivity index (χ1) is 34.5. The summed E-state index contributed by atoms with van der Waals surface area (Å²) in [6, 6.07) is 55.2. The summed E-state index contributed by atoms with van der Waals surface area (Å²) in [5, 5.41) is 2.15. The SMILES string of the molecule is CC(C)c1cc(-c2cc(C(C)(C)C)cc(-c3cc(F)cc(F)c3)c2[N+]2=C=[N+](c3[c-]c(Oc4[c-]c5c(cc4)c4ccccc4n5-c4cc(C(C)(C)C)ccn4)cc(C(C)(C)C)c3)c3ccccc32)cc(C(C)C)c1.[Pt+2]. The Kier molecular flexibility index (Phi) is 13.7. The Balaban J connectivity index is 0.00000672. The van der Waals surface area contributed by atoms with Crippen LogP contribution in [0.4, 0.5) is 31.5 Å². The molecule has 5 nitrogen and oxygen atoms in total. The van der Waals surface area contributed by atoms with Crippen molar-refractivity contribution in [2.24, 2.45) is 0 Å². The molecule has 0 bridgehead atoms. The van der Waals surface area contributed by atoms with Crippen LogP contribution in [0.3, 0.4) is 0 Å². The van der Waals surface area contributed by atoms with Crippen molar-refractivity contribution in [2.75, 3.05) is 0 Å². The molecule has 2 aromatic heterocycles. The van der Waals surface area contributed by atoms with Gasteiger partial charge in [-0.15, -0.1) is 29.1 Å². The molecule has 9 aromatic rings. The summed E-state index contributed by atoms with van der Waals surface area (Å²) in [7, 11) is 0. The molecule has 0 aliphatic carbocycles. The summed E-state index contributed by atoms with van der Waals surface area (Å²) in [5.41, 5.74) is 13.2. The fraction of sp³-hybridized carbons (Fsp3) is 0.273. The summed E-state index contributed by atoms with van der Waals surface area (Å²) in [4.78, 5) is 4.89. The number of hydrogen-bond donors (Lipinski definition) is 0. The monoisotopic (exact) mass is 1160 g/mol. The summed E-state index contributed by atoms with van der Waals surface area (Å²) >= 11 is 0. The van der Waals surface area contributed by atoms with Gasteiger partial charge in [-0.1, -0.05) is 161 Å². The average Bonchev–Trinajstić information content (AvgIpc) is 3.88. The van der Waals surface area contributed by atoms with E-state index in [9.17, 15) is 0 Å². The standard InChI is InChI=1S/C66H64F2N4O.Pt/c1-40(2)42-26-43(41(3)4)28-44(27-42)56-33-48(66(11,12)13)34-57(45-29-49(67)36-50(68)30-45)63(56)71-39-70(59-20-16-17-21-60(59)71)51-31-47(65(8,9)10)32-53(37-51)73-52-22-23-55-54-18-14-15-19-58(54)72(61(55)38-52)62-35-46(24-25-69-62)64(5,6)7;/h14-36,40-41H,1-13H3;/q;+2. The van der Waals surface area contributed by atoms with E-state index in [2.05, 4.69) is 214 Å². The van der Waals surface area contributed by atoms with Gasteiger partial charge in [0.25, 0.3) is 11.4 Å². The van der Waals surface area contributed by atoms with Crippen molar-refractivity contribution < 1.29 is 34.6 Å². The Morgan fingerprint density at radius 1 is 0.554 bits per heavy atom. The maximum atomic E-state index is 15.5. The number of fused-ring (bicyclic) bond motifs is 4. The Morgan fingerprint density at radius 2 is 1.12 bits per heavy atom. The van der Waals surface area contributed by atoms with Crippen LogP contribution < -0.4 is 13.9 Å². The predicted octanol–water partition coefficient (Wildman–Crippen LogP) is 18.2. The van der Waals surface area contributed by atoms with Gasteiger partial charge in [0, 0.05) is 41.4 Å². The van der Waals surface area contributed by atoms with Crippen molar-refractivity contribution in [1.82, 2.24) is 18.7 Å². The molecule has 376 valence electrons. The number of hydrogen-bond acceptors (Lipinski definition) is 2. The van der Waals surface area contributed by atoms with E-state index in [1.807, 2.05) is 29.0 Å². The molecule has 0 N–H and O–H groups in total. The molecule has 0 saturated carbocycles. The normalized spacial score (nSPS) is 12.9. The molecule has 0 amide bonds. The van der Waals surface area contributed by atoms with Crippen molar-refractivity contribution >= 4 is 50.6 Å². The smallest absolute Gasteiger partial charge is 0.509 e. The fourth-order valence-corrected chi connectivity index (χ4v) is 9.80. The Morgan fingerprint density at radius 3 is 1.73 bits per heavy atom. The zero-order valence-corrected chi connectivity index (χ0v) is 47.0. The maximum Gasteiger partial charge on any atom is 2.00 e. The summed E-state index contributed by atoms with van der Waals surface area (Å²) < 4.78 is 44.1. The van der Waals surface area contributed by atoms with Crippen LogP contribution in [0.25, 0.3) is 49.9 Å². The van der Waals surface area contributed by atoms with Gasteiger partial charge in [0.2, 0.25) is 5.69 Å². The molecule has 0 atom stereocenters. The number of aromatic nitrogens is 2. The average molecular weight is 1160 g/mol. The quantitative estimate of drug-likeness (QED) is 0.107. The third-order valence-corrected chi connectivity index (χ3v) is 14.1. The van der Waals surface area contributed by atoms with Gasteiger partial charge in [-0.25, -0.2) is 13.8 Å². The Labute approximate surface area is 450 Å². The van der Waals surface area contributed by atoms with Crippen LogP contribution in [0.15, 0.2) is 140 Å². The molecule has 0 fully saturated rings. The molecule has 10 rings (SSSR count). The number of halogens is 2. The summed E-state index contributed by atoms with van der Waals surface area (Å²) in [5.74, 6) is 1.10. The summed E-state index contributed by atoms with van der Waals surface area (Å²) in [6.45, 7) is 28.6. The first kappa shape index (κ1) is 52.1. The zero-order chi connectivity index (χ0) is 51.9. The number of nitrogens with zero attached hydrogens (tertiary/aromatic N) is 4. The molecule has 0 radical (unpaired) electrons. The van der Waals surface area contributed by atoms with E-state index in [-0.39, 0.29) is 49.1 Å². The molecule has 7 aromatic carbocycles. The maximum absolute atomic E-state index is 15.5. The molecule has 3 heterocycles. The van der Waals surface area contributed by atoms with Gasteiger partial charge in [-0.3, -0.25) is 0 Å². The molecular formula is C66H64F2N4OPt+2. The molecule has 0 saturated heterocycles. The second kappa shape index (κ2) is 19.5. The molecular weight excluding hydrogens is 1100 g/mol. The molecule has 1 aliphatic rings. The topological polar surface area (TPSA) is 33.1 Å². The molecule has 0 spiro atoms. The molecule has 74 heavy (non-hydrogen) atoms. The van der Waals surface area contributed by atoms with Crippen LogP contribution in [-0.2, 0) is 37.3 Å². The largest absolute Gasteiger partial charge is 2.00 e. The second-order valence-corrected chi connectivity index (χ2v) is 23.3. The van der Waals surface area contributed by atoms with Crippen LogP contribution >= 0.6 is 0 Å².